The Hall–Kier alpha value is -2.13. The number of furan rings is 1. The van der Waals surface area contributed by atoms with E-state index in [1.807, 2.05) is 31.2 Å². The molecular weight excluding hydrogens is 267 g/mol. The van der Waals surface area contributed by atoms with Crippen LogP contribution in [0.3, 0.4) is 0 Å². The van der Waals surface area contributed by atoms with Gasteiger partial charge in [-0.25, -0.2) is 4.39 Å². The lowest BCUT2D eigenvalue weighted by atomic mass is 9.93. The van der Waals surface area contributed by atoms with Crippen LogP contribution in [0.2, 0.25) is 0 Å². The molecule has 0 radical (unpaired) electrons. The molecule has 0 aliphatic carbocycles. The fourth-order valence-electron chi connectivity index (χ4n) is 2.53. The van der Waals surface area contributed by atoms with Crippen molar-refractivity contribution in [1.82, 2.24) is 0 Å². The number of rotatable bonds is 3. The van der Waals surface area contributed by atoms with Crippen molar-refractivity contribution in [1.29, 1.82) is 0 Å². The first kappa shape index (κ1) is 13.8. The van der Waals surface area contributed by atoms with Crippen LogP contribution in [0.4, 0.5) is 4.39 Å². The number of benzene rings is 2. The molecule has 0 spiro atoms. The fraction of sp³-hybridized carbons (Fsp3) is 0.222. The molecule has 1 heterocycles. The summed E-state index contributed by atoms with van der Waals surface area (Å²) in [6.45, 7) is 3.65. The van der Waals surface area contributed by atoms with Gasteiger partial charge in [0.25, 0.3) is 0 Å². The largest absolute Gasteiger partial charge is 0.458 e. The molecular formula is C18H17FO2. The molecule has 0 amide bonds. The van der Waals surface area contributed by atoms with Crippen LogP contribution in [-0.4, -0.2) is 5.11 Å². The molecule has 1 N–H and O–H groups in total. The summed E-state index contributed by atoms with van der Waals surface area (Å²) < 4.78 is 19.5. The zero-order valence-corrected chi connectivity index (χ0v) is 12.1. The molecule has 21 heavy (non-hydrogen) atoms. The van der Waals surface area contributed by atoms with Crippen molar-refractivity contribution in [2.75, 3.05) is 0 Å². The Morgan fingerprint density at radius 2 is 1.90 bits per heavy atom. The second kappa shape index (κ2) is 5.01. The van der Waals surface area contributed by atoms with Crippen molar-refractivity contribution in [3.63, 3.8) is 0 Å². The third kappa shape index (κ3) is 2.69. The van der Waals surface area contributed by atoms with Gasteiger partial charge in [0.05, 0.1) is 0 Å². The maximum atomic E-state index is 13.8. The van der Waals surface area contributed by atoms with E-state index in [-0.39, 0.29) is 12.2 Å². The van der Waals surface area contributed by atoms with Gasteiger partial charge in [-0.1, -0.05) is 29.8 Å². The maximum Gasteiger partial charge on any atom is 0.136 e. The quantitative estimate of drug-likeness (QED) is 0.776. The minimum absolute atomic E-state index is 0.165. The summed E-state index contributed by atoms with van der Waals surface area (Å²) in [5.41, 5.74) is 1.07. The van der Waals surface area contributed by atoms with E-state index in [1.165, 1.54) is 6.07 Å². The topological polar surface area (TPSA) is 33.4 Å². The van der Waals surface area contributed by atoms with Gasteiger partial charge < -0.3 is 9.52 Å². The Balaban J connectivity index is 1.97. The van der Waals surface area contributed by atoms with Crippen LogP contribution in [0.15, 0.2) is 52.9 Å². The summed E-state index contributed by atoms with van der Waals surface area (Å²) in [5.74, 6) is 0.135. The molecule has 1 atom stereocenters. The highest BCUT2D eigenvalue weighted by atomic mass is 19.1. The van der Waals surface area contributed by atoms with Crippen molar-refractivity contribution in [3.05, 3.63) is 71.2 Å². The lowest BCUT2D eigenvalue weighted by Gasteiger charge is -2.21. The average molecular weight is 284 g/mol. The molecule has 0 aliphatic rings. The molecule has 1 unspecified atom stereocenters. The van der Waals surface area contributed by atoms with Gasteiger partial charge in [-0.05, 0) is 43.7 Å². The molecule has 3 rings (SSSR count). The third-order valence-corrected chi connectivity index (χ3v) is 3.70. The molecule has 3 heteroatoms. The highest BCUT2D eigenvalue weighted by molar-refractivity contribution is 5.78. The third-order valence-electron chi connectivity index (χ3n) is 3.70. The van der Waals surface area contributed by atoms with Gasteiger partial charge in [-0.15, -0.1) is 0 Å². The van der Waals surface area contributed by atoms with Crippen molar-refractivity contribution in [2.45, 2.75) is 25.9 Å². The van der Waals surface area contributed by atoms with Gasteiger partial charge in [0.2, 0.25) is 0 Å². The Labute approximate surface area is 122 Å². The summed E-state index contributed by atoms with van der Waals surface area (Å²) in [6, 6.07) is 14.1. The number of aliphatic hydroxyl groups is 1. The first-order valence-corrected chi connectivity index (χ1v) is 6.92. The molecule has 0 saturated heterocycles. The highest BCUT2D eigenvalue weighted by Crippen LogP contribution is 2.31. The lowest BCUT2D eigenvalue weighted by Crippen LogP contribution is -2.24. The normalized spacial score (nSPS) is 14.3. The summed E-state index contributed by atoms with van der Waals surface area (Å²) in [4.78, 5) is 0. The van der Waals surface area contributed by atoms with E-state index in [1.54, 1.807) is 25.1 Å². The van der Waals surface area contributed by atoms with Crippen molar-refractivity contribution < 1.29 is 13.9 Å². The first-order valence-electron chi connectivity index (χ1n) is 6.92. The van der Waals surface area contributed by atoms with Gasteiger partial charge in [0.1, 0.15) is 22.8 Å². The van der Waals surface area contributed by atoms with Crippen LogP contribution in [0.25, 0.3) is 11.0 Å². The van der Waals surface area contributed by atoms with Gasteiger partial charge in [-0.3, -0.25) is 0 Å². The highest BCUT2D eigenvalue weighted by Gasteiger charge is 2.29. The van der Waals surface area contributed by atoms with Gasteiger partial charge >= 0.3 is 0 Å². The first-order chi connectivity index (χ1) is 9.95. The molecule has 2 nitrogen and oxygen atoms in total. The maximum absolute atomic E-state index is 13.8. The molecule has 3 aromatic rings. The smallest absolute Gasteiger partial charge is 0.136 e. The predicted octanol–water partition coefficient (Wildman–Crippen LogP) is 4.33. The summed E-state index contributed by atoms with van der Waals surface area (Å²) in [7, 11) is 0. The molecule has 0 aliphatic heterocycles. The Morgan fingerprint density at radius 1 is 1.14 bits per heavy atom. The number of halogens is 1. The number of fused-ring (bicyclic) bond motifs is 1. The van der Waals surface area contributed by atoms with E-state index in [0.717, 1.165) is 16.5 Å². The van der Waals surface area contributed by atoms with Crippen LogP contribution in [-0.2, 0) is 12.0 Å². The molecule has 1 aromatic heterocycles. The van der Waals surface area contributed by atoms with Gasteiger partial charge in [-0.2, -0.15) is 0 Å². The summed E-state index contributed by atoms with van der Waals surface area (Å²) in [5, 5.41) is 11.6. The monoisotopic (exact) mass is 284 g/mol. The van der Waals surface area contributed by atoms with Crippen LogP contribution >= 0.6 is 0 Å². The second-order valence-electron chi connectivity index (χ2n) is 5.69. The van der Waals surface area contributed by atoms with Gasteiger partial charge in [0, 0.05) is 11.8 Å². The Bertz CT molecular complexity index is 787. The molecule has 2 aromatic carbocycles. The van der Waals surface area contributed by atoms with Crippen LogP contribution in [0, 0.1) is 12.7 Å². The Kier molecular flexibility index (Phi) is 3.30. The second-order valence-corrected chi connectivity index (χ2v) is 5.69. The van der Waals surface area contributed by atoms with E-state index >= 15 is 0 Å². The van der Waals surface area contributed by atoms with E-state index in [9.17, 15) is 9.50 Å². The van der Waals surface area contributed by atoms with Crippen molar-refractivity contribution in [2.24, 2.45) is 0 Å². The van der Waals surface area contributed by atoms with Crippen LogP contribution < -0.4 is 0 Å². The van der Waals surface area contributed by atoms with E-state index in [4.69, 9.17) is 4.42 Å². The van der Waals surface area contributed by atoms with Gasteiger partial charge in [0.15, 0.2) is 0 Å². The molecule has 0 saturated carbocycles. The molecule has 0 fully saturated rings. The zero-order chi connectivity index (χ0) is 15.0. The van der Waals surface area contributed by atoms with E-state index in [0.29, 0.717) is 11.3 Å². The lowest BCUT2D eigenvalue weighted by molar-refractivity contribution is 0.0352. The minimum Gasteiger partial charge on any atom is -0.458 e. The van der Waals surface area contributed by atoms with Crippen molar-refractivity contribution in [3.8, 4) is 0 Å². The van der Waals surface area contributed by atoms with E-state index in [2.05, 4.69) is 0 Å². The van der Waals surface area contributed by atoms with Crippen molar-refractivity contribution >= 4 is 11.0 Å². The Morgan fingerprint density at radius 3 is 2.67 bits per heavy atom. The number of hydrogen-bond donors (Lipinski definition) is 1. The SMILES string of the molecule is Cc1ccc2oc(C(C)(O)Cc3ccccc3F)cc2c1. The number of hydrogen-bond acceptors (Lipinski definition) is 2. The minimum atomic E-state index is -1.25. The average Bonchev–Trinajstić information content (AvgIpc) is 2.85. The standard InChI is InChI=1S/C18H17FO2/c1-12-7-8-16-14(9-12)10-17(21-16)18(2,20)11-13-5-3-4-6-15(13)19/h3-10,20H,11H2,1-2H3. The van der Waals surface area contributed by atoms with E-state index < -0.39 is 5.60 Å². The molecule has 108 valence electrons. The van der Waals surface area contributed by atoms with Crippen LogP contribution in [0.1, 0.15) is 23.8 Å². The fourth-order valence-corrected chi connectivity index (χ4v) is 2.53. The molecule has 0 bridgehead atoms. The van der Waals surface area contributed by atoms with Crippen LogP contribution in [0.5, 0.6) is 0 Å². The zero-order valence-electron chi connectivity index (χ0n) is 12.1. The summed E-state index contributed by atoms with van der Waals surface area (Å²) >= 11 is 0. The summed E-state index contributed by atoms with van der Waals surface area (Å²) in [6.07, 6.45) is 0.165. The number of aryl methyl sites for hydroxylation is 1. The predicted molar refractivity (Wildman–Crippen MR) is 80.6 cm³/mol.